The average Bonchev–Trinajstić information content (AvgIpc) is 2.59. The van der Waals surface area contributed by atoms with E-state index in [0.29, 0.717) is 20.6 Å². The first-order valence-electron chi connectivity index (χ1n) is 7.32. The molecule has 0 radical (unpaired) electrons. The highest BCUT2D eigenvalue weighted by Crippen LogP contribution is 2.26. The SMILES string of the molecule is CSc1ncccc1C(=O)OCC(=O)N[C@@H](C)c1ccc(Cl)cc1Cl. The van der Waals surface area contributed by atoms with Gasteiger partial charge >= 0.3 is 5.97 Å². The Balaban J connectivity index is 1.93. The summed E-state index contributed by atoms with van der Waals surface area (Å²) in [6.45, 7) is 1.39. The van der Waals surface area contributed by atoms with E-state index >= 15 is 0 Å². The summed E-state index contributed by atoms with van der Waals surface area (Å²) in [5.74, 6) is -1.02. The summed E-state index contributed by atoms with van der Waals surface area (Å²) < 4.78 is 5.06. The first-order valence-corrected chi connectivity index (χ1v) is 9.31. The molecule has 0 saturated heterocycles. The van der Waals surface area contributed by atoms with E-state index in [-0.39, 0.29) is 6.04 Å². The summed E-state index contributed by atoms with van der Waals surface area (Å²) in [6.07, 6.45) is 3.40. The van der Waals surface area contributed by atoms with E-state index in [9.17, 15) is 9.59 Å². The number of pyridine rings is 1. The third kappa shape index (κ3) is 5.36. The maximum Gasteiger partial charge on any atom is 0.341 e. The highest BCUT2D eigenvalue weighted by molar-refractivity contribution is 7.98. The van der Waals surface area contributed by atoms with Crippen LogP contribution in [0.25, 0.3) is 0 Å². The lowest BCUT2D eigenvalue weighted by Gasteiger charge is -2.16. The average molecular weight is 399 g/mol. The second-order valence-corrected chi connectivity index (χ2v) is 6.73. The first-order chi connectivity index (χ1) is 11.9. The van der Waals surface area contributed by atoms with Gasteiger partial charge in [-0.3, -0.25) is 4.79 Å². The second kappa shape index (κ2) is 9.08. The molecule has 0 aliphatic carbocycles. The number of ether oxygens (including phenoxy) is 1. The summed E-state index contributed by atoms with van der Waals surface area (Å²) in [5, 5.41) is 4.25. The van der Waals surface area contributed by atoms with Crippen molar-refractivity contribution in [3.63, 3.8) is 0 Å². The van der Waals surface area contributed by atoms with Gasteiger partial charge in [0.15, 0.2) is 6.61 Å². The van der Waals surface area contributed by atoms with Gasteiger partial charge in [-0.05, 0) is 43.0 Å². The van der Waals surface area contributed by atoms with Gasteiger partial charge in [-0.2, -0.15) is 0 Å². The molecule has 1 heterocycles. The van der Waals surface area contributed by atoms with Crippen LogP contribution >= 0.6 is 35.0 Å². The van der Waals surface area contributed by atoms with Gasteiger partial charge in [0.2, 0.25) is 0 Å². The van der Waals surface area contributed by atoms with Crippen LogP contribution < -0.4 is 5.32 Å². The Labute approximate surface area is 160 Å². The lowest BCUT2D eigenvalue weighted by atomic mass is 10.1. The third-order valence-electron chi connectivity index (χ3n) is 3.33. The maximum absolute atomic E-state index is 12.1. The number of rotatable bonds is 6. The van der Waals surface area contributed by atoms with Crippen LogP contribution in [-0.4, -0.2) is 29.7 Å². The Morgan fingerprint density at radius 2 is 2.08 bits per heavy atom. The number of hydrogen-bond donors (Lipinski definition) is 1. The van der Waals surface area contributed by atoms with Gasteiger partial charge in [-0.15, -0.1) is 11.8 Å². The van der Waals surface area contributed by atoms with E-state index in [1.165, 1.54) is 11.8 Å². The summed E-state index contributed by atoms with van der Waals surface area (Å²) in [7, 11) is 0. The molecule has 1 amide bonds. The van der Waals surface area contributed by atoms with Crippen molar-refractivity contribution in [2.75, 3.05) is 12.9 Å². The van der Waals surface area contributed by atoms with Gasteiger partial charge in [0, 0.05) is 16.2 Å². The number of esters is 1. The molecular formula is C17H16Cl2N2O3S. The van der Waals surface area contributed by atoms with Gasteiger partial charge in [0.25, 0.3) is 5.91 Å². The summed E-state index contributed by atoms with van der Waals surface area (Å²) in [6, 6.07) is 7.93. The number of nitrogens with zero attached hydrogens (tertiary/aromatic N) is 1. The van der Waals surface area contributed by atoms with Gasteiger partial charge in [-0.1, -0.05) is 29.3 Å². The van der Waals surface area contributed by atoms with Gasteiger partial charge < -0.3 is 10.1 Å². The van der Waals surface area contributed by atoms with E-state index in [1.54, 1.807) is 43.5 Å². The molecule has 2 aromatic rings. The number of halogens is 2. The van der Waals surface area contributed by atoms with Crippen LogP contribution in [0.4, 0.5) is 0 Å². The number of thioether (sulfide) groups is 1. The molecule has 0 fully saturated rings. The van der Waals surface area contributed by atoms with Crippen molar-refractivity contribution in [2.24, 2.45) is 0 Å². The van der Waals surface area contributed by atoms with Crippen molar-refractivity contribution in [1.29, 1.82) is 0 Å². The van der Waals surface area contributed by atoms with Crippen molar-refractivity contribution < 1.29 is 14.3 Å². The number of carbonyl (C=O) groups is 2. The minimum absolute atomic E-state index is 0.330. The molecule has 0 spiro atoms. The van der Waals surface area contributed by atoms with Crippen molar-refractivity contribution in [3.8, 4) is 0 Å². The predicted octanol–water partition coefficient (Wildman–Crippen LogP) is 4.14. The lowest BCUT2D eigenvalue weighted by molar-refractivity contribution is -0.124. The monoisotopic (exact) mass is 398 g/mol. The number of aromatic nitrogens is 1. The number of amides is 1. The zero-order valence-electron chi connectivity index (χ0n) is 13.6. The van der Waals surface area contributed by atoms with Crippen LogP contribution in [0.15, 0.2) is 41.6 Å². The normalized spacial score (nSPS) is 11.7. The Kier molecular flexibility index (Phi) is 7.11. The maximum atomic E-state index is 12.1. The molecule has 1 N–H and O–H groups in total. The molecule has 1 atom stereocenters. The molecule has 1 aromatic heterocycles. The first kappa shape index (κ1) is 19.6. The van der Waals surface area contributed by atoms with E-state index in [1.807, 2.05) is 6.26 Å². The Bertz CT molecular complexity index is 786. The standard InChI is InChI=1S/C17H16Cl2N2O3S/c1-10(12-6-5-11(18)8-14(12)19)21-15(22)9-24-17(23)13-4-3-7-20-16(13)25-2/h3-8,10H,9H2,1-2H3,(H,21,22)/t10-/m0/s1. The van der Waals surface area contributed by atoms with Crippen LogP contribution in [0.3, 0.4) is 0 Å². The third-order valence-corrected chi connectivity index (χ3v) is 4.60. The fourth-order valence-corrected chi connectivity index (χ4v) is 3.24. The molecule has 0 bridgehead atoms. The van der Waals surface area contributed by atoms with E-state index in [0.717, 1.165) is 5.56 Å². The van der Waals surface area contributed by atoms with Crippen LogP contribution in [0.2, 0.25) is 10.0 Å². The minimum atomic E-state index is -0.593. The highest BCUT2D eigenvalue weighted by atomic mass is 35.5. The zero-order chi connectivity index (χ0) is 18.4. The summed E-state index contributed by atoms with van der Waals surface area (Å²) in [4.78, 5) is 28.2. The van der Waals surface area contributed by atoms with E-state index in [4.69, 9.17) is 27.9 Å². The Hall–Kier alpha value is -1.76. The van der Waals surface area contributed by atoms with E-state index < -0.39 is 18.5 Å². The summed E-state index contributed by atoms with van der Waals surface area (Å²) in [5.41, 5.74) is 1.05. The number of nitrogens with one attached hydrogen (secondary N) is 1. The fraction of sp³-hybridized carbons (Fsp3) is 0.235. The van der Waals surface area contributed by atoms with Crippen LogP contribution in [-0.2, 0) is 9.53 Å². The molecule has 0 aliphatic heterocycles. The minimum Gasteiger partial charge on any atom is -0.452 e. The molecule has 1 aromatic carbocycles. The number of carbonyl (C=O) groups excluding carboxylic acids is 2. The van der Waals surface area contributed by atoms with Crippen molar-refractivity contribution >= 4 is 46.8 Å². The smallest absolute Gasteiger partial charge is 0.341 e. The van der Waals surface area contributed by atoms with Gasteiger partial charge in [0.1, 0.15) is 5.03 Å². The van der Waals surface area contributed by atoms with E-state index in [2.05, 4.69) is 10.3 Å². The molecule has 132 valence electrons. The second-order valence-electron chi connectivity index (χ2n) is 5.09. The largest absolute Gasteiger partial charge is 0.452 e. The van der Waals surface area contributed by atoms with Crippen molar-refractivity contribution in [3.05, 3.63) is 57.7 Å². The highest BCUT2D eigenvalue weighted by Gasteiger charge is 2.17. The quantitative estimate of drug-likeness (QED) is 0.584. The predicted molar refractivity (Wildman–Crippen MR) is 99.3 cm³/mol. The summed E-state index contributed by atoms with van der Waals surface area (Å²) >= 11 is 13.3. The molecule has 0 unspecified atom stereocenters. The lowest BCUT2D eigenvalue weighted by Crippen LogP contribution is -2.31. The Morgan fingerprint density at radius 1 is 1.32 bits per heavy atom. The number of hydrogen-bond acceptors (Lipinski definition) is 5. The molecule has 0 saturated carbocycles. The fourth-order valence-electron chi connectivity index (χ4n) is 2.13. The molecule has 25 heavy (non-hydrogen) atoms. The van der Waals surface area contributed by atoms with Crippen molar-refractivity contribution in [2.45, 2.75) is 18.0 Å². The van der Waals surface area contributed by atoms with Crippen molar-refractivity contribution in [1.82, 2.24) is 10.3 Å². The molecule has 8 heteroatoms. The van der Waals surface area contributed by atoms with Crippen LogP contribution in [0.5, 0.6) is 0 Å². The molecule has 2 rings (SSSR count). The van der Waals surface area contributed by atoms with Crippen LogP contribution in [0, 0.1) is 0 Å². The van der Waals surface area contributed by atoms with Gasteiger partial charge in [-0.25, -0.2) is 9.78 Å². The molecular weight excluding hydrogens is 383 g/mol. The topological polar surface area (TPSA) is 68.3 Å². The molecule has 5 nitrogen and oxygen atoms in total. The zero-order valence-corrected chi connectivity index (χ0v) is 15.9. The van der Waals surface area contributed by atoms with Gasteiger partial charge in [0.05, 0.1) is 11.6 Å². The number of benzene rings is 1. The van der Waals surface area contributed by atoms with Crippen LogP contribution in [0.1, 0.15) is 28.9 Å². The Morgan fingerprint density at radius 3 is 2.76 bits per heavy atom. The molecule has 0 aliphatic rings.